The summed E-state index contributed by atoms with van der Waals surface area (Å²) in [6, 6.07) is 5.39. The second-order valence-electron chi connectivity index (χ2n) is 10.4. The molecule has 1 amide bonds. The number of benzene rings is 1. The van der Waals surface area contributed by atoms with E-state index in [-0.39, 0.29) is 17.2 Å². The number of anilines is 3. The molecule has 0 saturated carbocycles. The van der Waals surface area contributed by atoms with E-state index in [1.807, 2.05) is 9.62 Å². The highest BCUT2D eigenvalue weighted by molar-refractivity contribution is 7.92. The van der Waals surface area contributed by atoms with Gasteiger partial charge in [0.1, 0.15) is 5.60 Å². The van der Waals surface area contributed by atoms with Gasteiger partial charge < -0.3 is 20.3 Å². The number of nitrogens with zero attached hydrogens (tertiary/aromatic N) is 5. The van der Waals surface area contributed by atoms with E-state index in [1.165, 1.54) is 29.7 Å². The molecule has 2 aromatic heterocycles. The van der Waals surface area contributed by atoms with Crippen LogP contribution < -0.4 is 15.4 Å². The van der Waals surface area contributed by atoms with Gasteiger partial charge in [0.25, 0.3) is 0 Å². The Morgan fingerprint density at radius 3 is 2.43 bits per heavy atom. The number of piperazine rings is 1. The number of nitrogens with two attached hydrogens (primary N) is 1. The highest BCUT2D eigenvalue weighted by Crippen LogP contribution is 2.42. The first-order valence-electron chi connectivity index (χ1n) is 12.7. The van der Waals surface area contributed by atoms with Crippen LogP contribution in [0.4, 0.5) is 39.1 Å². The number of ether oxygens (including phenoxy) is 1. The molecule has 1 aliphatic rings. The number of carbonyl (C=O) groups is 1. The van der Waals surface area contributed by atoms with E-state index in [4.69, 9.17) is 10.5 Å². The number of carbonyl (C=O) groups excluding carboxylic acids is 1. The molecule has 1 fully saturated rings. The molecule has 0 bridgehead atoms. The Bertz CT molecular complexity index is 1550. The lowest BCUT2D eigenvalue weighted by molar-refractivity contribution is -0.129. The van der Waals surface area contributed by atoms with Gasteiger partial charge in [-0.3, -0.25) is 4.72 Å². The molecular formula is C25H29F4N7O4S2. The van der Waals surface area contributed by atoms with Crippen LogP contribution in [0.5, 0.6) is 0 Å². The van der Waals surface area contributed by atoms with Crippen LogP contribution in [0.25, 0.3) is 21.8 Å². The van der Waals surface area contributed by atoms with E-state index >= 15 is 4.39 Å². The Hall–Kier alpha value is -3.73. The summed E-state index contributed by atoms with van der Waals surface area (Å²) in [5.41, 5.74) is 4.97. The van der Waals surface area contributed by atoms with Gasteiger partial charge in [0.2, 0.25) is 16.0 Å². The van der Waals surface area contributed by atoms with Gasteiger partial charge in [-0.2, -0.15) is 13.2 Å². The van der Waals surface area contributed by atoms with E-state index in [0.717, 1.165) is 6.07 Å². The Balaban J connectivity index is 1.65. The number of nitrogens with one attached hydrogen (secondary N) is 1. The minimum atomic E-state index is -4.70. The van der Waals surface area contributed by atoms with Gasteiger partial charge in [-0.1, -0.05) is 17.4 Å². The maximum Gasteiger partial charge on any atom is 0.410 e. The Labute approximate surface area is 243 Å². The molecule has 3 N–H and O–H groups in total. The zero-order chi connectivity index (χ0) is 30.9. The van der Waals surface area contributed by atoms with Gasteiger partial charge in [-0.25, -0.2) is 32.6 Å². The quantitative estimate of drug-likeness (QED) is 0.354. The number of rotatable bonds is 7. The van der Waals surface area contributed by atoms with Crippen LogP contribution in [0.15, 0.2) is 30.5 Å². The van der Waals surface area contributed by atoms with E-state index in [2.05, 4.69) is 15.0 Å². The largest absolute Gasteiger partial charge is 0.444 e. The predicted molar refractivity (Wildman–Crippen MR) is 151 cm³/mol. The Morgan fingerprint density at radius 1 is 1.12 bits per heavy atom. The summed E-state index contributed by atoms with van der Waals surface area (Å²) in [6.45, 7) is 6.84. The lowest BCUT2D eigenvalue weighted by Gasteiger charge is -2.35. The molecule has 0 unspecified atom stereocenters. The fourth-order valence-corrected chi connectivity index (χ4v) is 6.17. The average molecular weight is 632 g/mol. The number of nitrogen functional groups attached to an aromatic ring is 1. The summed E-state index contributed by atoms with van der Waals surface area (Å²) in [5.74, 6) is -2.32. The van der Waals surface area contributed by atoms with Crippen LogP contribution in [-0.4, -0.2) is 78.1 Å². The van der Waals surface area contributed by atoms with Crippen molar-refractivity contribution < 1.29 is 35.5 Å². The molecule has 3 heterocycles. The number of hydrogen-bond donors (Lipinski definition) is 2. The molecule has 0 spiro atoms. The Kier molecular flexibility index (Phi) is 8.82. The van der Waals surface area contributed by atoms with Crippen molar-refractivity contribution in [2.75, 3.05) is 47.3 Å². The average Bonchev–Trinajstić information content (AvgIpc) is 3.33. The first-order valence-corrected chi connectivity index (χ1v) is 15.2. The van der Waals surface area contributed by atoms with Crippen molar-refractivity contribution in [1.29, 1.82) is 0 Å². The van der Waals surface area contributed by atoms with E-state index < -0.39 is 51.6 Å². The molecule has 0 radical (unpaired) electrons. The second kappa shape index (κ2) is 11.9. The number of halogens is 4. The van der Waals surface area contributed by atoms with Gasteiger partial charge in [0.05, 0.1) is 34.1 Å². The van der Waals surface area contributed by atoms with Crippen LogP contribution in [0, 0.1) is 5.82 Å². The minimum absolute atomic E-state index is 0.0361. The maximum absolute atomic E-state index is 15.8. The van der Waals surface area contributed by atoms with Crippen LogP contribution in [0.1, 0.15) is 27.2 Å². The van der Waals surface area contributed by atoms with Crippen LogP contribution in [0.3, 0.4) is 0 Å². The zero-order valence-corrected chi connectivity index (χ0v) is 24.5. The van der Waals surface area contributed by atoms with Crippen molar-refractivity contribution in [2.24, 2.45) is 0 Å². The van der Waals surface area contributed by atoms with E-state index in [1.54, 1.807) is 31.7 Å². The molecule has 4 rings (SSSR count). The molecule has 0 atom stereocenters. The van der Waals surface area contributed by atoms with Crippen molar-refractivity contribution in [3.8, 4) is 21.8 Å². The van der Waals surface area contributed by atoms with Crippen molar-refractivity contribution >= 4 is 44.2 Å². The molecule has 228 valence electrons. The summed E-state index contributed by atoms with van der Waals surface area (Å²) >= 11 is 1.18. The van der Waals surface area contributed by atoms with Crippen LogP contribution >= 0.6 is 11.3 Å². The summed E-state index contributed by atoms with van der Waals surface area (Å²) in [4.78, 5) is 29.1. The third kappa shape index (κ3) is 7.96. The van der Waals surface area contributed by atoms with Gasteiger partial charge >= 0.3 is 12.3 Å². The highest BCUT2D eigenvalue weighted by atomic mass is 32.2. The summed E-state index contributed by atoms with van der Waals surface area (Å²) < 4.78 is 85.4. The van der Waals surface area contributed by atoms with Crippen molar-refractivity contribution in [1.82, 2.24) is 19.9 Å². The number of amides is 1. The number of aromatic nitrogens is 3. The molecule has 42 heavy (non-hydrogen) atoms. The lowest BCUT2D eigenvalue weighted by Crippen LogP contribution is -2.50. The monoisotopic (exact) mass is 631 g/mol. The van der Waals surface area contributed by atoms with Crippen LogP contribution in [0.2, 0.25) is 0 Å². The molecule has 1 aromatic carbocycles. The number of hydrogen-bond acceptors (Lipinski definition) is 10. The van der Waals surface area contributed by atoms with Crippen molar-refractivity contribution in [3.63, 3.8) is 0 Å². The summed E-state index contributed by atoms with van der Waals surface area (Å²) in [7, 11) is -4.51. The molecule has 1 aliphatic heterocycles. The third-order valence-corrected chi connectivity index (χ3v) is 8.31. The van der Waals surface area contributed by atoms with Gasteiger partial charge in [-0.05, 0) is 39.0 Å². The predicted octanol–water partition coefficient (Wildman–Crippen LogP) is 4.74. The molecular weight excluding hydrogens is 602 g/mol. The SMILES string of the molecule is CC(C)(C)OC(=O)N1CCN(c2nc(-c3cccc(NS(=O)(=O)CCC(F)(F)F)c3F)c(-c3ccnc(N)n3)s2)CC1. The fourth-order valence-electron chi connectivity index (χ4n) is 3.97. The summed E-state index contributed by atoms with van der Waals surface area (Å²) in [5, 5.41) is 0.483. The molecule has 1 saturated heterocycles. The third-order valence-electron chi connectivity index (χ3n) is 5.90. The van der Waals surface area contributed by atoms with Crippen molar-refractivity contribution in [3.05, 3.63) is 36.3 Å². The zero-order valence-electron chi connectivity index (χ0n) is 22.9. The normalized spacial score (nSPS) is 14.6. The molecule has 11 nitrogen and oxygen atoms in total. The lowest BCUT2D eigenvalue weighted by atomic mass is 10.1. The van der Waals surface area contributed by atoms with Crippen LogP contribution in [-0.2, 0) is 14.8 Å². The maximum atomic E-state index is 15.8. The van der Waals surface area contributed by atoms with E-state index in [9.17, 15) is 26.4 Å². The first-order chi connectivity index (χ1) is 19.5. The fraction of sp³-hybridized carbons (Fsp3) is 0.440. The van der Waals surface area contributed by atoms with Gasteiger partial charge in [-0.15, -0.1) is 0 Å². The number of thiazole rings is 1. The van der Waals surface area contributed by atoms with Gasteiger partial charge in [0, 0.05) is 37.9 Å². The molecule has 0 aliphatic carbocycles. The smallest absolute Gasteiger partial charge is 0.410 e. The first kappa shape index (κ1) is 31.2. The molecule has 17 heteroatoms. The topological polar surface area (TPSA) is 144 Å². The standard InChI is InChI=1S/C25H29F4N7O4S2/c1-24(2,3)40-23(37)36-12-10-35(11-13-36)22-33-19(20(41-22)17-7-9-31-21(30)32-17)15-5-4-6-16(18(15)26)34-42(38,39)14-8-25(27,28)29/h4-7,9,34H,8,10-14H2,1-3H3,(H2,30,31,32). The van der Waals surface area contributed by atoms with Gasteiger partial charge in [0.15, 0.2) is 10.9 Å². The van der Waals surface area contributed by atoms with E-state index in [0.29, 0.717) is 41.9 Å². The second-order valence-corrected chi connectivity index (χ2v) is 13.2. The Morgan fingerprint density at radius 2 is 1.81 bits per heavy atom. The highest BCUT2D eigenvalue weighted by Gasteiger charge is 2.31. The van der Waals surface area contributed by atoms with Crippen molar-refractivity contribution in [2.45, 2.75) is 39.0 Å². The molecule has 3 aromatic rings. The summed E-state index contributed by atoms with van der Waals surface area (Å²) in [6.07, 6.45) is -5.30. The number of sulfonamides is 1. The minimum Gasteiger partial charge on any atom is -0.444 e. The number of alkyl halides is 3.